The molecule has 1 fully saturated rings. The molecule has 1 amide bonds. The molecule has 0 radical (unpaired) electrons. The predicted octanol–water partition coefficient (Wildman–Crippen LogP) is 5.46. The van der Waals surface area contributed by atoms with Gasteiger partial charge in [-0.2, -0.15) is 0 Å². The zero-order chi connectivity index (χ0) is 24.7. The van der Waals surface area contributed by atoms with Crippen molar-refractivity contribution in [3.63, 3.8) is 0 Å². The van der Waals surface area contributed by atoms with Crippen LogP contribution >= 0.6 is 0 Å². The first-order chi connectivity index (χ1) is 16.4. The van der Waals surface area contributed by atoms with Crippen LogP contribution in [-0.2, 0) is 0 Å². The third kappa shape index (κ3) is 6.00. The summed E-state index contributed by atoms with van der Waals surface area (Å²) in [5.74, 6) is 0.971. The maximum Gasteiger partial charge on any atom is 0.253 e. The summed E-state index contributed by atoms with van der Waals surface area (Å²) in [6.45, 7) is 15.7. The summed E-state index contributed by atoms with van der Waals surface area (Å²) in [5, 5.41) is 0. The van der Waals surface area contributed by atoms with Crippen LogP contribution in [0.3, 0.4) is 0 Å². The van der Waals surface area contributed by atoms with E-state index in [2.05, 4.69) is 60.9 Å². The van der Waals surface area contributed by atoms with E-state index in [1.54, 1.807) is 7.11 Å². The Morgan fingerprint density at radius 2 is 1.71 bits per heavy atom. The molecule has 3 atom stereocenters. The van der Waals surface area contributed by atoms with Crippen molar-refractivity contribution in [2.24, 2.45) is 0 Å². The number of amides is 1. The zero-order valence-electron chi connectivity index (χ0n) is 22.0. The SMILES string of the molecule is CCCCN1C[C@@H](C)N([C@@H](c2ccc(C(=O)N(CC)CC)cc2)c2cccc(OC)c2)C[C@@H]1C. The molecule has 1 aliphatic heterocycles. The molecule has 0 aliphatic carbocycles. The van der Waals surface area contributed by atoms with E-state index >= 15 is 0 Å². The second-order valence-electron chi connectivity index (χ2n) is 9.52. The van der Waals surface area contributed by atoms with Gasteiger partial charge in [0.1, 0.15) is 5.75 Å². The molecular weight excluding hydrogens is 422 g/mol. The second-order valence-corrected chi connectivity index (χ2v) is 9.52. The lowest BCUT2D eigenvalue weighted by atomic mass is 9.92. The monoisotopic (exact) mass is 465 g/mol. The molecule has 0 unspecified atom stereocenters. The van der Waals surface area contributed by atoms with Gasteiger partial charge in [0.2, 0.25) is 0 Å². The molecule has 0 spiro atoms. The van der Waals surface area contributed by atoms with Crippen LogP contribution < -0.4 is 4.74 Å². The molecule has 0 aromatic heterocycles. The fourth-order valence-corrected chi connectivity index (χ4v) is 5.15. The van der Waals surface area contributed by atoms with E-state index in [0.717, 1.165) is 37.5 Å². The van der Waals surface area contributed by atoms with Gasteiger partial charge in [-0.05, 0) is 76.1 Å². The highest BCUT2D eigenvalue weighted by molar-refractivity contribution is 5.94. The Kier molecular flexibility index (Phi) is 9.54. The predicted molar refractivity (Wildman–Crippen MR) is 141 cm³/mol. The maximum absolute atomic E-state index is 12.9. The quantitative estimate of drug-likeness (QED) is 0.467. The number of rotatable bonds is 10. The number of hydrogen-bond donors (Lipinski definition) is 0. The molecule has 3 rings (SSSR count). The van der Waals surface area contributed by atoms with Crippen molar-refractivity contribution in [1.82, 2.24) is 14.7 Å². The summed E-state index contributed by atoms with van der Waals surface area (Å²) < 4.78 is 5.56. The third-order valence-electron chi connectivity index (χ3n) is 7.23. The van der Waals surface area contributed by atoms with Gasteiger partial charge in [0.15, 0.2) is 0 Å². The van der Waals surface area contributed by atoms with Gasteiger partial charge in [0.25, 0.3) is 5.91 Å². The van der Waals surface area contributed by atoms with Gasteiger partial charge in [0.05, 0.1) is 13.2 Å². The topological polar surface area (TPSA) is 36.0 Å². The number of carbonyl (C=O) groups excluding carboxylic acids is 1. The van der Waals surface area contributed by atoms with Crippen LogP contribution in [0.25, 0.3) is 0 Å². The lowest BCUT2D eigenvalue weighted by molar-refractivity contribution is 0.0234. The summed E-state index contributed by atoms with van der Waals surface area (Å²) in [7, 11) is 1.72. The summed E-state index contributed by atoms with van der Waals surface area (Å²) >= 11 is 0. The molecule has 186 valence electrons. The van der Waals surface area contributed by atoms with Crippen molar-refractivity contribution in [3.05, 3.63) is 65.2 Å². The number of carbonyl (C=O) groups is 1. The summed E-state index contributed by atoms with van der Waals surface area (Å²) in [5.41, 5.74) is 3.19. The van der Waals surface area contributed by atoms with Crippen molar-refractivity contribution in [2.75, 3.05) is 39.8 Å². The Morgan fingerprint density at radius 3 is 2.32 bits per heavy atom. The number of benzene rings is 2. The smallest absolute Gasteiger partial charge is 0.253 e. The fraction of sp³-hybridized carbons (Fsp3) is 0.552. The lowest BCUT2D eigenvalue weighted by Crippen LogP contribution is -2.57. The van der Waals surface area contributed by atoms with E-state index < -0.39 is 0 Å². The largest absolute Gasteiger partial charge is 0.497 e. The number of methoxy groups -OCH3 is 1. The van der Waals surface area contributed by atoms with Gasteiger partial charge < -0.3 is 9.64 Å². The zero-order valence-corrected chi connectivity index (χ0v) is 22.0. The van der Waals surface area contributed by atoms with Crippen LogP contribution in [0.1, 0.15) is 75.0 Å². The minimum Gasteiger partial charge on any atom is -0.497 e. The van der Waals surface area contributed by atoms with Gasteiger partial charge in [-0.15, -0.1) is 0 Å². The first-order valence-corrected chi connectivity index (χ1v) is 13.0. The Bertz CT molecular complexity index is 910. The normalized spacial score (nSPS) is 20.2. The van der Waals surface area contributed by atoms with Gasteiger partial charge in [0, 0.05) is 43.8 Å². The number of hydrogen-bond acceptors (Lipinski definition) is 4. The first-order valence-electron chi connectivity index (χ1n) is 13.0. The number of piperazine rings is 1. The minimum absolute atomic E-state index is 0.0982. The van der Waals surface area contributed by atoms with Crippen molar-refractivity contribution >= 4 is 5.91 Å². The van der Waals surface area contributed by atoms with Crippen LogP contribution in [0.4, 0.5) is 0 Å². The molecule has 2 aromatic rings. The molecule has 0 bridgehead atoms. The van der Waals surface area contributed by atoms with Crippen LogP contribution in [0.2, 0.25) is 0 Å². The highest BCUT2D eigenvalue weighted by Crippen LogP contribution is 2.35. The molecule has 1 heterocycles. The molecule has 34 heavy (non-hydrogen) atoms. The standard InChI is InChI=1S/C29H43N3O2/c1-7-10-18-31-20-23(5)32(21-22(31)4)28(26-12-11-13-27(19-26)34-6)24-14-16-25(17-15-24)29(33)30(8-2)9-3/h11-17,19,22-23,28H,7-10,18,20-21H2,1-6H3/t22-,23+,28-/m0/s1. The third-order valence-corrected chi connectivity index (χ3v) is 7.23. The minimum atomic E-state index is 0.0982. The highest BCUT2D eigenvalue weighted by Gasteiger charge is 2.34. The van der Waals surface area contributed by atoms with Crippen molar-refractivity contribution in [1.29, 1.82) is 0 Å². The van der Waals surface area contributed by atoms with Crippen LogP contribution in [0.15, 0.2) is 48.5 Å². The Hall–Kier alpha value is -2.37. The molecule has 0 saturated carbocycles. The van der Waals surface area contributed by atoms with E-state index in [-0.39, 0.29) is 11.9 Å². The Morgan fingerprint density at radius 1 is 1.00 bits per heavy atom. The van der Waals surface area contributed by atoms with Gasteiger partial charge in [-0.25, -0.2) is 0 Å². The highest BCUT2D eigenvalue weighted by atomic mass is 16.5. The van der Waals surface area contributed by atoms with Gasteiger partial charge >= 0.3 is 0 Å². The molecule has 2 aromatic carbocycles. The average Bonchev–Trinajstić information content (AvgIpc) is 2.86. The van der Waals surface area contributed by atoms with E-state index in [9.17, 15) is 4.79 Å². The summed E-state index contributed by atoms with van der Waals surface area (Å²) in [4.78, 5) is 20.0. The van der Waals surface area contributed by atoms with Crippen molar-refractivity contribution < 1.29 is 9.53 Å². The van der Waals surface area contributed by atoms with Crippen molar-refractivity contribution in [2.45, 2.75) is 65.6 Å². The molecule has 0 N–H and O–H groups in total. The molecule has 1 aliphatic rings. The van der Waals surface area contributed by atoms with Crippen molar-refractivity contribution in [3.8, 4) is 5.75 Å². The number of ether oxygens (including phenoxy) is 1. The summed E-state index contributed by atoms with van der Waals surface area (Å²) in [6, 6.07) is 17.7. The second kappa shape index (κ2) is 12.4. The Labute approximate surface area is 206 Å². The van der Waals surface area contributed by atoms with E-state index in [1.807, 2.05) is 36.9 Å². The fourth-order valence-electron chi connectivity index (χ4n) is 5.15. The van der Waals surface area contributed by atoms with E-state index in [1.165, 1.54) is 30.5 Å². The molecular formula is C29H43N3O2. The van der Waals surface area contributed by atoms with Crippen LogP contribution in [-0.4, -0.2) is 72.5 Å². The van der Waals surface area contributed by atoms with Crippen LogP contribution in [0.5, 0.6) is 5.75 Å². The maximum atomic E-state index is 12.9. The van der Waals surface area contributed by atoms with Gasteiger partial charge in [-0.1, -0.05) is 37.6 Å². The molecule has 5 nitrogen and oxygen atoms in total. The average molecular weight is 466 g/mol. The molecule has 1 saturated heterocycles. The molecule has 5 heteroatoms. The van der Waals surface area contributed by atoms with E-state index in [4.69, 9.17) is 4.74 Å². The first kappa shape index (κ1) is 26.2. The number of nitrogens with zero attached hydrogens (tertiary/aromatic N) is 3. The Balaban J connectivity index is 1.94. The lowest BCUT2D eigenvalue weighted by Gasteiger charge is -2.47. The van der Waals surface area contributed by atoms with E-state index in [0.29, 0.717) is 12.1 Å². The van der Waals surface area contributed by atoms with Gasteiger partial charge in [-0.3, -0.25) is 14.6 Å². The summed E-state index contributed by atoms with van der Waals surface area (Å²) in [6.07, 6.45) is 2.48. The van der Waals surface area contributed by atoms with Crippen LogP contribution in [0, 0.1) is 0 Å². The number of unbranched alkanes of at least 4 members (excludes halogenated alkanes) is 1.